The van der Waals surface area contributed by atoms with Crippen LogP contribution in [0.15, 0.2) is 41.3 Å². The molecular formula is C15H15ClN2O3. The van der Waals surface area contributed by atoms with E-state index in [1.807, 2.05) is 6.92 Å². The number of rotatable bonds is 5. The molecule has 1 amide bonds. The Morgan fingerprint density at radius 2 is 2.14 bits per heavy atom. The van der Waals surface area contributed by atoms with Crippen molar-refractivity contribution in [3.8, 4) is 5.75 Å². The molecule has 0 radical (unpaired) electrons. The first-order chi connectivity index (χ1) is 10.1. The van der Waals surface area contributed by atoms with Crippen molar-refractivity contribution in [2.75, 3.05) is 11.9 Å². The number of H-pyrrole nitrogens is 1. The molecule has 2 N–H and O–H groups in total. The zero-order chi connectivity index (χ0) is 15.2. The van der Waals surface area contributed by atoms with E-state index in [4.69, 9.17) is 16.3 Å². The molecule has 21 heavy (non-hydrogen) atoms. The molecule has 0 aliphatic carbocycles. The first kappa shape index (κ1) is 15.1. The van der Waals surface area contributed by atoms with Gasteiger partial charge in [-0.2, -0.15) is 0 Å². The molecule has 0 bridgehead atoms. The molecule has 0 unspecified atom stereocenters. The lowest BCUT2D eigenvalue weighted by atomic mass is 10.2. The smallest absolute Gasteiger partial charge is 0.256 e. The number of carbonyl (C=O) groups excluding carboxylic acids is 1. The van der Waals surface area contributed by atoms with Gasteiger partial charge in [-0.05, 0) is 30.7 Å². The number of anilines is 1. The minimum atomic E-state index is -0.398. The van der Waals surface area contributed by atoms with Gasteiger partial charge in [-0.25, -0.2) is 0 Å². The highest BCUT2D eigenvalue weighted by Crippen LogP contribution is 2.28. The molecule has 0 aliphatic heterocycles. The lowest BCUT2D eigenvalue weighted by Crippen LogP contribution is -2.16. The van der Waals surface area contributed by atoms with Gasteiger partial charge in [0.2, 0.25) is 5.56 Å². The Morgan fingerprint density at radius 3 is 2.86 bits per heavy atom. The second-order valence-electron chi connectivity index (χ2n) is 4.38. The van der Waals surface area contributed by atoms with Crippen LogP contribution in [0.25, 0.3) is 0 Å². The van der Waals surface area contributed by atoms with Crippen molar-refractivity contribution in [1.29, 1.82) is 0 Å². The number of carbonyl (C=O) groups is 1. The topological polar surface area (TPSA) is 71.2 Å². The highest BCUT2D eigenvalue weighted by molar-refractivity contribution is 6.31. The summed E-state index contributed by atoms with van der Waals surface area (Å²) >= 11 is 5.94. The first-order valence-corrected chi connectivity index (χ1v) is 6.90. The third-order valence-electron chi connectivity index (χ3n) is 2.69. The van der Waals surface area contributed by atoms with Crippen molar-refractivity contribution in [3.63, 3.8) is 0 Å². The number of amides is 1. The average molecular weight is 307 g/mol. The van der Waals surface area contributed by atoms with Gasteiger partial charge >= 0.3 is 0 Å². The fraction of sp³-hybridized carbons (Fsp3) is 0.200. The van der Waals surface area contributed by atoms with E-state index in [-0.39, 0.29) is 11.1 Å². The molecule has 110 valence electrons. The van der Waals surface area contributed by atoms with Crippen LogP contribution < -0.4 is 15.6 Å². The van der Waals surface area contributed by atoms with E-state index in [2.05, 4.69) is 10.3 Å². The molecule has 2 aromatic rings. The predicted octanol–water partition coefficient (Wildman–Crippen LogP) is 3.07. The second kappa shape index (κ2) is 6.95. The first-order valence-electron chi connectivity index (χ1n) is 6.52. The van der Waals surface area contributed by atoms with Gasteiger partial charge in [0, 0.05) is 22.8 Å². The molecule has 1 heterocycles. The Morgan fingerprint density at radius 1 is 1.33 bits per heavy atom. The van der Waals surface area contributed by atoms with Crippen LogP contribution in [0.5, 0.6) is 5.75 Å². The summed E-state index contributed by atoms with van der Waals surface area (Å²) in [4.78, 5) is 25.8. The van der Waals surface area contributed by atoms with Gasteiger partial charge in [-0.3, -0.25) is 9.59 Å². The molecule has 2 rings (SSSR count). The van der Waals surface area contributed by atoms with Gasteiger partial charge in [0.05, 0.1) is 12.3 Å². The lowest BCUT2D eigenvalue weighted by molar-refractivity contribution is 0.102. The SMILES string of the molecule is CCCOc1ccc(Cl)cc1NC(=O)c1cc[nH]c(=O)c1. The Bertz CT molecular complexity index is 697. The average Bonchev–Trinajstić information content (AvgIpc) is 2.46. The number of halogens is 1. The Hall–Kier alpha value is -2.27. The van der Waals surface area contributed by atoms with Crippen molar-refractivity contribution in [1.82, 2.24) is 4.98 Å². The van der Waals surface area contributed by atoms with Gasteiger partial charge in [-0.15, -0.1) is 0 Å². The fourth-order valence-corrected chi connectivity index (χ4v) is 1.89. The molecule has 5 nitrogen and oxygen atoms in total. The van der Waals surface area contributed by atoms with Gasteiger partial charge in [0.15, 0.2) is 0 Å². The molecule has 1 aromatic heterocycles. The quantitative estimate of drug-likeness (QED) is 0.891. The van der Waals surface area contributed by atoms with Crippen molar-refractivity contribution in [2.45, 2.75) is 13.3 Å². The third kappa shape index (κ3) is 4.10. The van der Waals surface area contributed by atoms with Crippen molar-refractivity contribution < 1.29 is 9.53 Å². The predicted molar refractivity (Wildman–Crippen MR) is 82.3 cm³/mol. The minimum absolute atomic E-state index is 0.264. The van der Waals surface area contributed by atoms with Crippen molar-refractivity contribution in [2.24, 2.45) is 0 Å². The number of aromatic nitrogens is 1. The minimum Gasteiger partial charge on any atom is -0.491 e. The number of hydrogen-bond acceptors (Lipinski definition) is 3. The molecule has 1 aromatic carbocycles. The van der Waals surface area contributed by atoms with Crippen molar-refractivity contribution >= 4 is 23.2 Å². The van der Waals surface area contributed by atoms with Crippen LogP contribution in [0, 0.1) is 0 Å². The maximum atomic E-state index is 12.1. The van der Waals surface area contributed by atoms with Crippen LogP contribution in [0.3, 0.4) is 0 Å². The maximum Gasteiger partial charge on any atom is 0.256 e. The molecule has 0 fully saturated rings. The standard InChI is InChI=1S/C15H15ClN2O3/c1-2-7-21-13-4-3-11(16)9-12(13)18-15(20)10-5-6-17-14(19)8-10/h3-6,8-9H,2,7H2,1H3,(H,17,19)(H,18,20). The van der Waals surface area contributed by atoms with Crippen LogP contribution in [0.2, 0.25) is 5.02 Å². The van der Waals surface area contributed by atoms with Gasteiger partial charge in [0.25, 0.3) is 5.91 Å². The number of hydrogen-bond donors (Lipinski definition) is 2. The molecule has 0 saturated carbocycles. The molecular weight excluding hydrogens is 292 g/mol. The third-order valence-corrected chi connectivity index (χ3v) is 2.92. The second-order valence-corrected chi connectivity index (χ2v) is 4.82. The van der Waals surface area contributed by atoms with Gasteiger partial charge in [-0.1, -0.05) is 18.5 Å². The molecule has 0 aliphatic rings. The van der Waals surface area contributed by atoms with Crippen molar-refractivity contribution in [3.05, 3.63) is 57.5 Å². The summed E-state index contributed by atoms with van der Waals surface area (Å²) in [5.41, 5.74) is 0.401. The monoisotopic (exact) mass is 306 g/mol. The van der Waals surface area contributed by atoms with Gasteiger partial charge in [0.1, 0.15) is 5.75 Å². The largest absolute Gasteiger partial charge is 0.491 e. The van der Waals surface area contributed by atoms with Crippen LogP contribution in [-0.2, 0) is 0 Å². The van der Waals surface area contributed by atoms with Crippen LogP contribution in [-0.4, -0.2) is 17.5 Å². The summed E-state index contributed by atoms with van der Waals surface area (Å²) in [7, 11) is 0. The number of ether oxygens (including phenoxy) is 1. The van der Waals surface area contributed by atoms with E-state index in [1.165, 1.54) is 18.3 Å². The van der Waals surface area contributed by atoms with Crippen LogP contribution in [0.4, 0.5) is 5.69 Å². The number of pyridine rings is 1. The highest BCUT2D eigenvalue weighted by atomic mass is 35.5. The Labute approximate surface area is 126 Å². The van der Waals surface area contributed by atoms with E-state index >= 15 is 0 Å². The zero-order valence-electron chi connectivity index (χ0n) is 11.5. The molecule has 0 atom stereocenters. The number of benzene rings is 1. The van der Waals surface area contributed by atoms with E-state index in [0.717, 1.165) is 6.42 Å². The summed E-state index contributed by atoms with van der Waals surface area (Å²) < 4.78 is 5.56. The fourth-order valence-electron chi connectivity index (χ4n) is 1.72. The van der Waals surface area contributed by atoms with Crippen LogP contribution >= 0.6 is 11.6 Å². The maximum absolute atomic E-state index is 12.1. The summed E-state index contributed by atoms with van der Waals surface area (Å²) in [5.74, 6) is 0.143. The summed E-state index contributed by atoms with van der Waals surface area (Å²) in [5, 5.41) is 3.19. The molecule has 0 spiro atoms. The number of aromatic amines is 1. The van der Waals surface area contributed by atoms with Crippen LogP contribution in [0.1, 0.15) is 23.7 Å². The van der Waals surface area contributed by atoms with Gasteiger partial charge < -0.3 is 15.0 Å². The van der Waals surface area contributed by atoms with E-state index < -0.39 is 5.91 Å². The Balaban J connectivity index is 2.23. The van der Waals surface area contributed by atoms with E-state index in [9.17, 15) is 9.59 Å². The highest BCUT2D eigenvalue weighted by Gasteiger charge is 2.11. The van der Waals surface area contributed by atoms with E-state index in [1.54, 1.807) is 18.2 Å². The molecule has 0 saturated heterocycles. The van der Waals surface area contributed by atoms with E-state index in [0.29, 0.717) is 23.1 Å². The summed E-state index contributed by atoms with van der Waals surface area (Å²) in [6, 6.07) is 7.75. The Kier molecular flexibility index (Phi) is 5.00. The molecule has 6 heteroatoms. The zero-order valence-corrected chi connectivity index (χ0v) is 12.2. The normalized spacial score (nSPS) is 10.2. The number of nitrogens with one attached hydrogen (secondary N) is 2. The summed E-state index contributed by atoms with van der Waals surface area (Å²) in [6.45, 7) is 2.53. The summed E-state index contributed by atoms with van der Waals surface area (Å²) in [6.07, 6.45) is 2.27. The lowest BCUT2D eigenvalue weighted by Gasteiger charge is -2.12.